The van der Waals surface area contributed by atoms with E-state index in [0.29, 0.717) is 11.1 Å². The minimum absolute atomic E-state index is 0.518. The van der Waals surface area contributed by atoms with Crippen LogP contribution >= 0.6 is 0 Å². The Hall–Kier alpha value is -1.52. The summed E-state index contributed by atoms with van der Waals surface area (Å²) < 4.78 is 39.3. The van der Waals surface area contributed by atoms with Crippen LogP contribution in [0.4, 0.5) is 13.2 Å². The zero-order chi connectivity index (χ0) is 12.1. The quantitative estimate of drug-likeness (QED) is 0.677. The molecule has 1 aromatic carbocycles. The van der Waals surface area contributed by atoms with Crippen molar-refractivity contribution in [1.29, 1.82) is 0 Å². The molecule has 0 amide bonds. The van der Waals surface area contributed by atoms with E-state index in [0.717, 1.165) is 23.2 Å². The Morgan fingerprint density at radius 1 is 1.19 bits per heavy atom. The summed E-state index contributed by atoms with van der Waals surface area (Å²) >= 11 is 0. The number of alkyl halides is 3. The SMILES string of the molecule is Cc1cc(C(F)(F)F)cc2c1c(C)nn2C. The fourth-order valence-electron chi connectivity index (χ4n) is 1.99. The standard InChI is InChI=1S/C11H11F3N2/c1-6-4-8(11(12,13)14)5-9-10(6)7(2)15-16(9)3/h4-5H,1-3H3. The molecule has 0 aliphatic carbocycles. The number of aryl methyl sites for hydroxylation is 3. The maximum Gasteiger partial charge on any atom is 0.416 e. The molecular formula is C11H11F3N2. The fourth-order valence-corrected chi connectivity index (χ4v) is 1.99. The summed E-state index contributed by atoms with van der Waals surface area (Å²) in [7, 11) is 1.65. The van der Waals surface area contributed by atoms with Crippen molar-refractivity contribution in [2.24, 2.45) is 7.05 Å². The van der Waals surface area contributed by atoms with Gasteiger partial charge in [-0.25, -0.2) is 0 Å². The molecule has 0 unspecified atom stereocenters. The average molecular weight is 228 g/mol. The molecule has 0 aliphatic rings. The van der Waals surface area contributed by atoms with Gasteiger partial charge in [-0.3, -0.25) is 4.68 Å². The largest absolute Gasteiger partial charge is 0.416 e. The summed E-state index contributed by atoms with van der Waals surface area (Å²) in [5.41, 5.74) is 1.25. The zero-order valence-corrected chi connectivity index (χ0v) is 9.18. The van der Waals surface area contributed by atoms with Crippen LogP contribution in [0.1, 0.15) is 16.8 Å². The molecule has 0 saturated heterocycles. The highest BCUT2D eigenvalue weighted by Crippen LogP contribution is 2.33. The second-order valence-corrected chi connectivity index (χ2v) is 3.89. The number of hydrogen-bond donors (Lipinski definition) is 0. The number of hydrogen-bond acceptors (Lipinski definition) is 1. The van der Waals surface area contributed by atoms with Crippen molar-refractivity contribution in [1.82, 2.24) is 9.78 Å². The van der Waals surface area contributed by atoms with Crippen molar-refractivity contribution in [3.05, 3.63) is 29.0 Å². The molecule has 0 atom stereocenters. The first-order valence-electron chi connectivity index (χ1n) is 4.82. The van der Waals surface area contributed by atoms with E-state index in [4.69, 9.17) is 0 Å². The Kier molecular flexibility index (Phi) is 2.22. The van der Waals surface area contributed by atoms with Crippen LogP contribution in [0.2, 0.25) is 0 Å². The third-order valence-corrected chi connectivity index (χ3v) is 2.65. The molecule has 0 fully saturated rings. The molecule has 16 heavy (non-hydrogen) atoms. The Balaban J connectivity index is 2.82. The minimum atomic E-state index is -4.31. The van der Waals surface area contributed by atoms with Gasteiger partial charge in [0.15, 0.2) is 0 Å². The van der Waals surface area contributed by atoms with Crippen molar-refractivity contribution in [3.63, 3.8) is 0 Å². The van der Waals surface area contributed by atoms with Gasteiger partial charge in [0.2, 0.25) is 0 Å². The highest BCUT2D eigenvalue weighted by atomic mass is 19.4. The van der Waals surface area contributed by atoms with Gasteiger partial charge in [-0.05, 0) is 31.5 Å². The molecule has 1 aromatic heterocycles. The third-order valence-electron chi connectivity index (χ3n) is 2.65. The Morgan fingerprint density at radius 2 is 1.81 bits per heavy atom. The van der Waals surface area contributed by atoms with Gasteiger partial charge in [0.05, 0.1) is 16.8 Å². The van der Waals surface area contributed by atoms with Crippen molar-refractivity contribution in [2.75, 3.05) is 0 Å². The van der Waals surface area contributed by atoms with Gasteiger partial charge < -0.3 is 0 Å². The number of fused-ring (bicyclic) bond motifs is 1. The molecule has 0 N–H and O–H groups in total. The van der Waals surface area contributed by atoms with Crippen LogP contribution in [0.15, 0.2) is 12.1 Å². The molecule has 5 heteroatoms. The maximum absolute atomic E-state index is 12.6. The number of halogens is 3. The van der Waals surface area contributed by atoms with Crippen molar-refractivity contribution in [3.8, 4) is 0 Å². The Labute approximate surface area is 90.7 Å². The Bertz CT molecular complexity index is 552. The Morgan fingerprint density at radius 3 is 2.38 bits per heavy atom. The van der Waals surface area contributed by atoms with Crippen LogP contribution in [0.5, 0.6) is 0 Å². The summed E-state index contributed by atoms with van der Waals surface area (Å²) in [6.07, 6.45) is -4.31. The zero-order valence-electron chi connectivity index (χ0n) is 9.18. The van der Waals surface area contributed by atoms with E-state index >= 15 is 0 Å². The summed E-state index contributed by atoms with van der Waals surface area (Å²) in [4.78, 5) is 0. The lowest BCUT2D eigenvalue weighted by molar-refractivity contribution is -0.137. The van der Waals surface area contributed by atoms with Crippen molar-refractivity contribution in [2.45, 2.75) is 20.0 Å². The predicted molar refractivity (Wildman–Crippen MR) is 55.2 cm³/mol. The number of aromatic nitrogens is 2. The summed E-state index contributed by atoms with van der Waals surface area (Å²) in [6, 6.07) is 2.30. The second-order valence-electron chi connectivity index (χ2n) is 3.89. The highest BCUT2D eigenvalue weighted by molar-refractivity contribution is 5.86. The molecule has 0 aliphatic heterocycles. The average Bonchev–Trinajstić information content (AvgIpc) is 2.41. The fraction of sp³-hybridized carbons (Fsp3) is 0.364. The van der Waals surface area contributed by atoms with E-state index in [1.165, 1.54) is 4.68 Å². The van der Waals surface area contributed by atoms with E-state index in [2.05, 4.69) is 5.10 Å². The monoisotopic (exact) mass is 228 g/mol. The number of benzene rings is 1. The van der Waals surface area contributed by atoms with Crippen LogP contribution in [-0.4, -0.2) is 9.78 Å². The summed E-state index contributed by atoms with van der Waals surface area (Å²) in [6.45, 7) is 3.47. The van der Waals surface area contributed by atoms with E-state index < -0.39 is 11.7 Å². The molecule has 2 nitrogen and oxygen atoms in total. The van der Waals surface area contributed by atoms with Crippen molar-refractivity contribution < 1.29 is 13.2 Å². The van der Waals surface area contributed by atoms with Crippen LogP contribution < -0.4 is 0 Å². The van der Waals surface area contributed by atoms with Crippen LogP contribution in [0.3, 0.4) is 0 Å². The number of nitrogens with zero attached hydrogens (tertiary/aromatic N) is 2. The first kappa shape index (κ1) is 11.0. The number of rotatable bonds is 0. The first-order chi connectivity index (χ1) is 7.30. The molecular weight excluding hydrogens is 217 g/mol. The van der Waals surface area contributed by atoms with Gasteiger partial charge in [0.1, 0.15) is 0 Å². The van der Waals surface area contributed by atoms with Gasteiger partial charge in [-0.2, -0.15) is 18.3 Å². The molecule has 0 radical (unpaired) electrons. The molecule has 2 aromatic rings. The lowest BCUT2D eigenvalue weighted by Crippen LogP contribution is -2.05. The van der Waals surface area contributed by atoms with E-state index in [9.17, 15) is 13.2 Å². The summed E-state index contributed by atoms with van der Waals surface area (Å²) in [5.74, 6) is 0. The van der Waals surface area contributed by atoms with Gasteiger partial charge in [0.25, 0.3) is 0 Å². The van der Waals surface area contributed by atoms with Crippen LogP contribution in [-0.2, 0) is 13.2 Å². The molecule has 2 rings (SSSR count). The van der Waals surface area contributed by atoms with Crippen molar-refractivity contribution >= 4 is 10.9 Å². The highest BCUT2D eigenvalue weighted by Gasteiger charge is 2.31. The predicted octanol–water partition coefficient (Wildman–Crippen LogP) is 3.21. The molecule has 0 saturated carbocycles. The van der Waals surface area contributed by atoms with Gasteiger partial charge >= 0.3 is 6.18 Å². The van der Waals surface area contributed by atoms with Gasteiger partial charge in [-0.15, -0.1) is 0 Å². The van der Waals surface area contributed by atoms with E-state index in [-0.39, 0.29) is 0 Å². The van der Waals surface area contributed by atoms with E-state index in [1.54, 1.807) is 20.9 Å². The minimum Gasteiger partial charge on any atom is -0.268 e. The third kappa shape index (κ3) is 1.56. The molecule has 0 bridgehead atoms. The first-order valence-corrected chi connectivity index (χ1v) is 4.82. The lowest BCUT2D eigenvalue weighted by Gasteiger charge is -2.08. The maximum atomic E-state index is 12.6. The second kappa shape index (κ2) is 3.23. The normalized spacial score (nSPS) is 12.4. The summed E-state index contributed by atoms with van der Waals surface area (Å²) in [5, 5.41) is 4.92. The van der Waals surface area contributed by atoms with Gasteiger partial charge in [0, 0.05) is 12.4 Å². The molecule has 0 spiro atoms. The van der Waals surface area contributed by atoms with E-state index in [1.807, 2.05) is 0 Å². The topological polar surface area (TPSA) is 17.8 Å². The lowest BCUT2D eigenvalue weighted by atomic mass is 10.1. The van der Waals surface area contributed by atoms with Gasteiger partial charge in [-0.1, -0.05) is 0 Å². The molecule has 1 heterocycles. The van der Waals surface area contributed by atoms with Crippen LogP contribution in [0.25, 0.3) is 10.9 Å². The smallest absolute Gasteiger partial charge is 0.268 e. The van der Waals surface area contributed by atoms with Crippen LogP contribution in [0, 0.1) is 13.8 Å². The molecule has 86 valence electrons.